The number of hydrogen-bond acceptors (Lipinski definition) is 3. The molecule has 2 amide bonds. The minimum Gasteiger partial charge on any atom is -0.460 e. The topological polar surface area (TPSA) is 48.7 Å². The van der Waals surface area contributed by atoms with Crippen LogP contribution in [0.3, 0.4) is 0 Å². The first-order chi connectivity index (χ1) is 12.7. The molecule has 1 aliphatic heterocycles. The normalized spacial score (nSPS) is 19.8. The van der Waals surface area contributed by atoms with Gasteiger partial charge in [0.05, 0.1) is 6.54 Å². The maximum atomic E-state index is 12.4. The molecule has 2 aromatic rings. The van der Waals surface area contributed by atoms with Crippen LogP contribution in [0.4, 0.5) is 4.79 Å². The van der Waals surface area contributed by atoms with Crippen molar-refractivity contribution in [2.24, 2.45) is 0 Å². The SMILES string of the molecule is O=C(NC1CCCCC1)N1CCN(Cc2cc3cc(Cl)ccc3o2)CC1. The molecule has 26 heavy (non-hydrogen) atoms. The number of carbonyl (C=O) groups is 1. The van der Waals surface area contributed by atoms with Gasteiger partial charge >= 0.3 is 6.03 Å². The molecule has 0 unspecified atom stereocenters. The second-order valence-electron chi connectivity index (χ2n) is 7.44. The lowest BCUT2D eigenvalue weighted by Crippen LogP contribution is -2.53. The van der Waals surface area contributed by atoms with E-state index in [9.17, 15) is 4.79 Å². The van der Waals surface area contributed by atoms with E-state index in [2.05, 4.69) is 16.3 Å². The van der Waals surface area contributed by atoms with Gasteiger partial charge in [-0.05, 0) is 37.1 Å². The first-order valence-electron chi connectivity index (χ1n) is 9.63. The summed E-state index contributed by atoms with van der Waals surface area (Å²) in [6, 6.07) is 8.22. The lowest BCUT2D eigenvalue weighted by molar-refractivity contribution is 0.127. The molecule has 0 radical (unpaired) electrons. The minimum atomic E-state index is 0.106. The first kappa shape index (κ1) is 17.7. The Balaban J connectivity index is 1.28. The van der Waals surface area contributed by atoms with E-state index >= 15 is 0 Å². The van der Waals surface area contributed by atoms with Gasteiger partial charge in [0.15, 0.2) is 0 Å². The van der Waals surface area contributed by atoms with Gasteiger partial charge < -0.3 is 14.6 Å². The molecule has 140 valence electrons. The summed E-state index contributed by atoms with van der Waals surface area (Å²) in [7, 11) is 0. The van der Waals surface area contributed by atoms with Crippen LogP contribution in [0.1, 0.15) is 37.9 Å². The quantitative estimate of drug-likeness (QED) is 0.872. The molecule has 4 rings (SSSR count). The fraction of sp³-hybridized carbons (Fsp3) is 0.550. The van der Waals surface area contributed by atoms with Crippen molar-refractivity contribution in [1.29, 1.82) is 0 Å². The molecule has 1 aromatic heterocycles. The lowest BCUT2D eigenvalue weighted by atomic mass is 9.96. The van der Waals surface area contributed by atoms with Gasteiger partial charge in [-0.1, -0.05) is 30.9 Å². The van der Waals surface area contributed by atoms with Gasteiger partial charge in [-0.15, -0.1) is 0 Å². The van der Waals surface area contributed by atoms with Gasteiger partial charge in [-0.25, -0.2) is 4.79 Å². The Bertz CT molecular complexity index is 762. The van der Waals surface area contributed by atoms with Gasteiger partial charge in [-0.2, -0.15) is 0 Å². The highest BCUT2D eigenvalue weighted by molar-refractivity contribution is 6.31. The fourth-order valence-corrected chi connectivity index (χ4v) is 4.17. The third kappa shape index (κ3) is 4.15. The molecule has 1 aromatic carbocycles. The Labute approximate surface area is 159 Å². The Kier molecular flexibility index (Phi) is 5.36. The molecular formula is C20H26ClN3O2. The van der Waals surface area contributed by atoms with E-state index in [0.29, 0.717) is 6.04 Å². The average molecular weight is 376 g/mol. The molecule has 0 atom stereocenters. The number of halogens is 1. The predicted molar refractivity (Wildman–Crippen MR) is 103 cm³/mol. The number of nitrogens with zero attached hydrogens (tertiary/aromatic N) is 2. The van der Waals surface area contributed by atoms with E-state index in [1.165, 1.54) is 19.3 Å². The zero-order valence-electron chi connectivity index (χ0n) is 15.0. The zero-order valence-corrected chi connectivity index (χ0v) is 15.8. The number of carbonyl (C=O) groups excluding carboxylic acids is 1. The van der Waals surface area contributed by atoms with Crippen molar-refractivity contribution in [3.63, 3.8) is 0 Å². The molecule has 1 N–H and O–H groups in total. The molecule has 1 saturated heterocycles. The molecule has 0 spiro atoms. The standard InChI is InChI=1S/C20H26ClN3O2/c21-16-6-7-19-15(12-16)13-18(26-19)14-23-8-10-24(11-9-23)20(25)22-17-4-2-1-3-5-17/h6-7,12-13,17H,1-5,8-11,14H2,(H,22,25). The summed E-state index contributed by atoms with van der Waals surface area (Å²) in [5.41, 5.74) is 0.870. The number of amides is 2. The number of furan rings is 1. The monoisotopic (exact) mass is 375 g/mol. The Hall–Kier alpha value is -1.72. The van der Waals surface area contributed by atoms with Crippen molar-refractivity contribution in [3.8, 4) is 0 Å². The second-order valence-corrected chi connectivity index (χ2v) is 7.88. The van der Waals surface area contributed by atoms with Crippen LogP contribution in [0.25, 0.3) is 11.0 Å². The number of benzene rings is 1. The van der Waals surface area contributed by atoms with E-state index in [-0.39, 0.29) is 6.03 Å². The molecule has 2 fully saturated rings. The van der Waals surface area contributed by atoms with Crippen molar-refractivity contribution in [3.05, 3.63) is 35.0 Å². The number of rotatable bonds is 3. The predicted octanol–water partition coefficient (Wildman–Crippen LogP) is 4.25. The largest absolute Gasteiger partial charge is 0.460 e. The summed E-state index contributed by atoms with van der Waals surface area (Å²) in [4.78, 5) is 16.7. The highest BCUT2D eigenvalue weighted by Gasteiger charge is 2.24. The van der Waals surface area contributed by atoms with E-state index in [1.807, 2.05) is 23.1 Å². The third-order valence-electron chi connectivity index (χ3n) is 5.50. The number of piperazine rings is 1. The van der Waals surface area contributed by atoms with Crippen molar-refractivity contribution in [1.82, 2.24) is 15.1 Å². The summed E-state index contributed by atoms with van der Waals surface area (Å²) in [6.07, 6.45) is 6.03. The highest BCUT2D eigenvalue weighted by Crippen LogP contribution is 2.24. The first-order valence-corrected chi connectivity index (χ1v) is 10.0. The van der Waals surface area contributed by atoms with E-state index < -0.39 is 0 Å². The lowest BCUT2D eigenvalue weighted by Gasteiger charge is -2.35. The Morgan fingerprint density at radius 3 is 2.65 bits per heavy atom. The van der Waals surface area contributed by atoms with Crippen LogP contribution >= 0.6 is 11.6 Å². The molecule has 5 nitrogen and oxygen atoms in total. The maximum Gasteiger partial charge on any atom is 0.317 e. The minimum absolute atomic E-state index is 0.106. The van der Waals surface area contributed by atoms with Crippen molar-refractivity contribution >= 4 is 28.6 Å². The molecule has 1 saturated carbocycles. The smallest absolute Gasteiger partial charge is 0.317 e. The number of fused-ring (bicyclic) bond motifs is 1. The number of nitrogens with one attached hydrogen (secondary N) is 1. The van der Waals surface area contributed by atoms with Crippen LogP contribution in [0, 0.1) is 0 Å². The maximum absolute atomic E-state index is 12.4. The average Bonchev–Trinajstić information content (AvgIpc) is 3.04. The van der Waals surface area contributed by atoms with E-state index in [4.69, 9.17) is 16.0 Å². The summed E-state index contributed by atoms with van der Waals surface area (Å²) in [5.74, 6) is 0.947. The van der Waals surface area contributed by atoms with E-state index in [1.54, 1.807) is 0 Å². The molecular weight excluding hydrogens is 350 g/mol. The summed E-state index contributed by atoms with van der Waals surface area (Å²) >= 11 is 6.04. The number of urea groups is 1. The van der Waals surface area contributed by atoms with Crippen LogP contribution in [-0.2, 0) is 6.54 Å². The van der Waals surface area contributed by atoms with Gasteiger partial charge in [0, 0.05) is 42.6 Å². The summed E-state index contributed by atoms with van der Waals surface area (Å²) < 4.78 is 5.91. The Morgan fingerprint density at radius 2 is 1.88 bits per heavy atom. The van der Waals surface area contributed by atoms with Gasteiger partial charge in [0.25, 0.3) is 0 Å². The zero-order chi connectivity index (χ0) is 17.9. The van der Waals surface area contributed by atoms with Crippen LogP contribution < -0.4 is 5.32 Å². The molecule has 2 aliphatic rings. The fourth-order valence-electron chi connectivity index (χ4n) is 3.99. The van der Waals surface area contributed by atoms with Crippen molar-refractivity contribution in [2.75, 3.05) is 26.2 Å². The van der Waals surface area contributed by atoms with Crippen LogP contribution in [0.2, 0.25) is 5.02 Å². The Morgan fingerprint density at radius 1 is 1.12 bits per heavy atom. The van der Waals surface area contributed by atoms with Crippen LogP contribution in [0.5, 0.6) is 0 Å². The molecule has 1 aliphatic carbocycles. The molecule has 2 heterocycles. The summed E-state index contributed by atoms with van der Waals surface area (Å²) in [5, 5.41) is 4.98. The van der Waals surface area contributed by atoms with Gasteiger partial charge in [0.2, 0.25) is 0 Å². The van der Waals surface area contributed by atoms with E-state index in [0.717, 1.165) is 67.3 Å². The van der Waals surface area contributed by atoms with Crippen LogP contribution in [0.15, 0.2) is 28.7 Å². The molecule has 0 bridgehead atoms. The van der Waals surface area contributed by atoms with Gasteiger partial charge in [-0.3, -0.25) is 4.90 Å². The second kappa shape index (κ2) is 7.89. The molecule has 6 heteroatoms. The number of hydrogen-bond donors (Lipinski definition) is 1. The van der Waals surface area contributed by atoms with Crippen molar-refractivity contribution in [2.45, 2.75) is 44.7 Å². The van der Waals surface area contributed by atoms with Gasteiger partial charge in [0.1, 0.15) is 11.3 Å². The summed E-state index contributed by atoms with van der Waals surface area (Å²) in [6.45, 7) is 4.05. The van der Waals surface area contributed by atoms with Crippen molar-refractivity contribution < 1.29 is 9.21 Å². The third-order valence-corrected chi connectivity index (χ3v) is 5.74. The highest BCUT2D eigenvalue weighted by atomic mass is 35.5. The van der Waals surface area contributed by atoms with Crippen LogP contribution in [-0.4, -0.2) is 48.1 Å².